The molecule has 0 saturated carbocycles. The van der Waals surface area contributed by atoms with E-state index < -0.39 is 0 Å². The smallest absolute Gasteiger partial charge is 0.203 e. The zero-order valence-electron chi connectivity index (χ0n) is 14.0. The first-order valence-corrected chi connectivity index (χ1v) is 7.59. The van der Waals surface area contributed by atoms with Crippen molar-refractivity contribution >= 4 is 23.4 Å². The summed E-state index contributed by atoms with van der Waals surface area (Å²) in [6.45, 7) is 4.13. The average Bonchev–Trinajstić information content (AvgIpc) is 2.49. The summed E-state index contributed by atoms with van der Waals surface area (Å²) in [5.74, 6) is 1.82. The van der Waals surface area contributed by atoms with Crippen LogP contribution in [0.15, 0.2) is 30.0 Å². The minimum Gasteiger partial charge on any atom is -0.493 e. The monoisotopic (exact) mass is 334 g/mol. The summed E-state index contributed by atoms with van der Waals surface area (Å²) >= 11 is 5.22. The van der Waals surface area contributed by atoms with E-state index >= 15 is 0 Å². The summed E-state index contributed by atoms with van der Waals surface area (Å²) in [7, 11) is 4.79. The maximum absolute atomic E-state index is 5.36. The van der Waals surface area contributed by atoms with E-state index in [0.29, 0.717) is 22.4 Å². The Bertz CT molecular complexity index is 641. The van der Waals surface area contributed by atoms with Crippen LogP contribution in [0.4, 0.5) is 0 Å². The van der Waals surface area contributed by atoms with E-state index in [0.717, 1.165) is 11.3 Å². The first-order valence-electron chi connectivity index (χ1n) is 7.18. The second-order valence-corrected chi connectivity index (χ2v) is 6.10. The predicted octanol–water partition coefficient (Wildman–Crippen LogP) is 2.87. The second-order valence-electron chi connectivity index (χ2n) is 5.69. The number of hydrogen-bond donors (Lipinski definition) is 2. The van der Waals surface area contributed by atoms with E-state index in [1.165, 1.54) is 0 Å². The van der Waals surface area contributed by atoms with Crippen molar-refractivity contribution in [2.24, 2.45) is 0 Å². The van der Waals surface area contributed by atoms with Gasteiger partial charge < -0.3 is 24.8 Å². The van der Waals surface area contributed by atoms with Crippen molar-refractivity contribution in [2.75, 3.05) is 21.3 Å². The van der Waals surface area contributed by atoms with Crippen LogP contribution in [0.25, 0.3) is 6.08 Å². The van der Waals surface area contributed by atoms with Crippen LogP contribution in [0.2, 0.25) is 0 Å². The number of rotatable bonds is 5. The molecule has 6 heteroatoms. The fourth-order valence-corrected chi connectivity index (χ4v) is 2.77. The van der Waals surface area contributed by atoms with E-state index in [2.05, 4.69) is 30.6 Å². The van der Waals surface area contributed by atoms with Gasteiger partial charge >= 0.3 is 0 Å². The molecule has 0 atom stereocenters. The molecule has 23 heavy (non-hydrogen) atoms. The third-order valence-electron chi connectivity index (χ3n) is 3.35. The van der Waals surface area contributed by atoms with Crippen molar-refractivity contribution in [2.45, 2.75) is 19.4 Å². The van der Waals surface area contributed by atoms with Crippen molar-refractivity contribution in [1.82, 2.24) is 10.6 Å². The summed E-state index contributed by atoms with van der Waals surface area (Å²) in [6.07, 6.45) is 6.01. The second kappa shape index (κ2) is 6.91. The van der Waals surface area contributed by atoms with Gasteiger partial charge in [0.1, 0.15) is 0 Å². The normalized spacial score (nSPS) is 16.4. The number of thiocarbonyl (C=S) groups is 1. The molecule has 0 unspecified atom stereocenters. The highest BCUT2D eigenvalue weighted by atomic mass is 32.1. The Balaban J connectivity index is 2.33. The molecule has 0 amide bonds. The van der Waals surface area contributed by atoms with Gasteiger partial charge in [0.2, 0.25) is 5.75 Å². The molecule has 0 aromatic heterocycles. The molecule has 0 aliphatic carbocycles. The number of allylic oxidation sites excluding steroid dienone is 1. The minimum atomic E-state index is -0.183. The van der Waals surface area contributed by atoms with Crippen molar-refractivity contribution in [3.8, 4) is 17.2 Å². The molecule has 0 spiro atoms. The van der Waals surface area contributed by atoms with Crippen molar-refractivity contribution < 1.29 is 14.2 Å². The fraction of sp³-hybridized carbons (Fsp3) is 0.353. The molecule has 0 radical (unpaired) electrons. The summed E-state index contributed by atoms with van der Waals surface area (Å²) in [4.78, 5) is 0. The lowest BCUT2D eigenvalue weighted by molar-refractivity contribution is 0.324. The minimum absolute atomic E-state index is 0.183. The van der Waals surface area contributed by atoms with E-state index in [4.69, 9.17) is 26.4 Å². The SMILES string of the molecule is COc1cc(C=CC2=CC(C)(C)NC(=S)N2)cc(OC)c1OC. The van der Waals surface area contributed by atoms with E-state index in [1.54, 1.807) is 21.3 Å². The number of hydrogen-bond acceptors (Lipinski definition) is 4. The van der Waals surface area contributed by atoms with Gasteiger partial charge in [-0.3, -0.25) is 0 Å². The largest absolute Gasteiger partial charge is 0.493 e. The third-order valence-corrected chi connectivity index (χ3v) is 3.56. The number of benzene rings is 1. The molecule has 1 aliphatic heterocycles. The highest BCUT2D eigenvalue weighted by Gasteiger charge is 2.21. The van der Waals surface area contributed by atoms with E-state index in [9.17, 15) is 0 Å². The predicted molar refractivity (Wildman–Crippen MR) is 96.2 cm³/mol. The molecular formula is C17H22N2O3S. The number of ether oxygens (including phenoxy) is 3. The van der Waals surface area contributed by atoms with Gasteiger partial charge in [0.25, 0.3) is 0 Å². The van der Waals surface area contributed by atoms with Crippen LogP contribution in [-0.2, 0) is 0 Å². The van der Waals surface area contributed by atoms with Crippen LogP contribution in [0.3, 0.4) is 0 Å². The van der Waals surface area contributed by atoms with Crippen molar-refractivity contribution in [3.63, 3.8) is 0 Å². The lowest BCUT2D eigenvalue weighted by Gasteiger charge is -2.30. The quantitative estimate of drug-likeness (QED) is 0.808. The molecular weight excluding hydrogens is 312 g/mol. The first kappa shape index (κ1) is 17.1. The van der Waals surface area contributed by atoms with Gasteiger partial charge in [0.15, 0.2) is 16.6 Å². The van der Waals surface area contributed by atoms with Crippen LogP contribution in [0.5, 0.6) is 17.2 Å². The highest BCUT2D eigenvalue weighted by molar-refractivity contribution is 7.80. The third kappa shape index (κ3) is 4.16. The first-order chi connectivity index (χ1) is 10.9. The van der Waals surface area contributed by atoms with Crippen LogP contribution < -0.4 is 24.8 Å². The maximum Gasteiger partial charge on any atom is 0.203 e. The Morgan fingerprint density at radius 1 is 1.00 bits per heavy atom. The fourth-order valence-electron chi connectivity index (χ4n) is 2.39. The Kier molecular flexibility index (Phi) is 5.15. The molecule has 0 saturated heterocycles. The standard InChI is InChI=1S/C17H22N2O3S/c1-17(2)10-12(18-16(23)19-17)7-6-11-8-13(20-3)15(22-5)14(9-11)21-4/h6-10H,1-5H3,(H2,18,19,23). The van der Waals surface area contributed by atoms with Crippen molar-refractivity contribution in [1.29, 1.82) is 0 Å². The van der Waals surface area contributed by atoms with Gasteiger partial charge in [-0.05, 0) is 55.9 Å². The number of methoxy groups -OCH3 is 3. The average molecular weight is 334 g/mol. The molecule has 1 aromatic carbocycles. The molecule has 0 bridgehead atoms. The molecule has 2 rings (SSSR count). The number of nitrogens with one attached hydrogen (secondary N) is 2. The zero-order chi connectivity index (χ0) is 17.0. The molecule has 1 heterocycles. The van der Waals surface area contributed by atoms with Crippen molar-refractivity contribution in [3.05, 3.63) is 35.5 Å². The van der Waals surface area contributed by atoms with Gasteiger partial charge in [-0.25, -0.2) is 0 Å². The Morgan fingerprint density at radius 2 is 1.61 bits per heavy atom. The topological polar surface area (TPSA) is 51.8 Å². The summed E-state index contributed by atoms with van der Waals surface area (Å²) in [5, 5.41) is 6.93. The lowest BCUT2D eigenvalue weighted by Crippen LogP contribution is -2.51. The van der Waals surface area contributed by atoms with E-state index in [1.807, 2.05) is 24.3 Å². The van der Waals surface area contributed by atoms with Gasteiger partial charge in [-0.15, -0.1) is 0 Å². The van der Waals surface area contributed by atoms with Gasteiger partial charge in [0.05, 0.1) is 26.9 Å². The van der Waals surface area contributed by atoms with Gasteiger partial charge in [-0.2, -0.15) is 0 Å². The van der Waals surface area contributed by atoms with Crippen LogP contribution >= 0.6 is 12.2 Å². The molecule has 124 valence electrons. The van der Waals surface area contributed by atoms with Crippen LogP contribution in [-0.4, -0.2) is 32.0 Å². The van der Waals surface area contributed by atoms with Gasteiger partial charge in [-0.1, -0.05) is 6.08 Å². The summed E-state index contributed by atoms with van der Waals surface area (Å²) in [6, 6.07) is 3.78. The zero-order valence-corrected chi connectivity index (χ0v) is 14.8. The molecule has 1 aliphatic rings. The summed E-state index contributed by atoms with van der Waals surface area (Å²) in [5.41, 5.74) is 1.69. The summed E-state index contributed by atoms with van der Waals surface area (Å²) < 4.78 is 16.0. The lowest BCUT2D eigenvalue weighted by atomic mass is 10.0. The van der Waals surface area contributed by atoms with E-state index in [-0.39, 0.29) is 5.54 Å². The maximum atomic E-state index is 5.36. The van der Waals surface area contributed by atoms with Crippen LogP contribution in [0, 0.1) is 0 Å². The van der Waals surface area contributed by atoms with Crippen LogP contribution in [0.1, 0.15) is 19.4 Å². The Hall–Kier alpha value is -2.21. The molecule has 2 N–H and O–H groups in total. The Morgan fingerprint density at radius 3 is 2.09 bits per heavy atom. The Labute approximate surface area is 142 Å². The molecule has 0 fully saturated rings. The molecule has 5 nitrogen and oxygen atoms in total. The highest BCUT2D eigenvalue weighted by Crippen LogP contribution is 2.38. The molecule has 1 aromatic rings. The van der Waals surface area contributed by atoms with Gasteiger partial charge in [0, 0.05) is 5.70 Å².